The van der Waals surface area contributed by atoms with Gasteiger partial charge in [-0.15, -0.1) is 0 Å². The lowest BCUT2D eigenvalue weighted by Gasteiger charge is -2.21. The molecule has 1 heterocycles. The second-order valence-corrected chi connectivity index (χ2v) is 4.99. The van der Waals surface area contributed by atoms with E-state index >= 15 is 0 Å². The summed E-state index contributed by atoms with van der Waals surface area (Å²) in [6.07, 6.45) is 6.45. The van der Waals surface area contributed by atoms with E-state index in [0.29, 0.717) is 5.57 Å². The summed E-state index contributed by atoms with van der Waals surface area (Å²) in [5, 5.41) is 0. The highest BCUT2D eigenvalue weighted by Gasteiger charge is 2.12. The van der Waals surface area contributed by atoms with E-state index in [2.05, 4.69) is 37.5 Å². The average Bonchev–Trinajstić information content (AvgIpc) is 2.38. The highest BCUT2D eigenvalue weighted by molar-refractivity contribution is 5.99. The van der Waals surface area contributed by atoms with Gasteiger partial charge in [0.2, 0.25) is 0 Å². The summed E-state index contributed by atoms with van der Waals surface area (Å²) in [6.45, 7) is 12.3. The van der Waals surface area contributed by atoms with Gasteiger partial charge in [0.25, 0.3) is 0 Å². The molecule has 112 valence electrons. The average molecular weight is 277 g/mol. The molecular weight excluding hydrogens is 250 g/mol. The van der Waals surface area contributed by atoms with Gasteiger partial charge in [-0.05, 0) is 47.8 Å². The summed E-state index contributed by atoms with van der Waals surface area (Å²) in [6, 6.07) is 0. The number of ketones is 1. The van der Waals surface area contributed by atoms with E-state index in [9.17, 15) is 4.79 Å². The first kappa shape index (κ1) is 18.3. The van der Waals surface area contributed by atoms with E-state index in [4.69, 9.17) is 0 Å². The molecule has 0 aromatic carbocycles. The fourth-order valence-corrected chi connectivity index (χ4v) is 1.60. The molecular formula is C16H27N3O. The van der Waals surface area contributed by atoms with E-state index in [1.807, 2.05) is 13.1 Å². The number of Topliss-reactive ketones (excluding diaryl/α,β-unsaturated/α-hetero) is 1. The monoisotopic (exact) mass is 277 g/mol. The lowest BCUT2D eigenvalue weighted by Crippen LogP contribution is -2.17. The second kappa shape index (κ2) is 9.26. The summed E-state index contributed by atoms with van der Waals surface area (Å²) < 4.78 is 0. The van der Waals surface area contributed by atoms with Crippen LogP contribution in [0.1, 0.15) is 34.1 Å². The lowest BCUT2D eigenvalue weighted by atomic mass is 10.1. The van der Waals surface area contributed by atoms with Crippen molar-refractivity contribution in [1.82, 2.24) is 9.80 Å². The van der Waals surface area contributed by atoms with Gasteiger partial charge in [0, 0.05) is 18.0 Å². The Morgan fingerprint density at radius 2 is 2.05 bits per heavy atom. The zero-order chi connectivity index (χ0) is 15.7. The third-order valence-electron chi connectivity index (χ3n) is 2.77. The zero-order valence-electron chi connectivity index (χ0n) is 13.6. The lowest BCUT2D eigenvalue weighted by molar-refractivity contribution is -0.113. The number of rotatable bonds is 4. The Morgan fingerprint density at radius 1 is 1.45 bits per heavy atom. The summed E-state index contributed by atoms with van der Waals surface area (Å²) in [7, 11) is 4.17. The summed E-state index contributed by atoms with van der Waals surface area (Å²) >= 11 is 0. The maximum atomic E-state index is 11.2. The number of carbonyl (C=O) groups is 1. The molecule has 0 bridgehead atoms. The fourth-order valence-electron chi connectivity index (χ4n) is 1.60. The molecule has 1 aliphatic rings. The molecule has 0 aromatic rings. The van der Waals surface area contributed by atoms with Crippen LogP contribution in [0.2, 0.25) is 0 Å². The van der Waals surface area contributed by atoms with Crippen LogP contribution in [0.15, 0.2) is 40.9 Å². The minimum absolute atomic E-state index is 0.0475. The molecule has 0 fully saturated rings. The fraction of sp³-hybridized carbons (Fsp3) is 0.500. The van der Waals surface area contributed by atoms with Crippen LogP contribution in [0.5, 0.6) is 0 Å². The molecule has 4 nitrogen and oxygen atoms in total. The molecule has 0 atom stereocenters. The summed E-state index contributed by atoms with van der Waals surface area (Å²) in [4.78, 5) is 19.3. The predicted molar refractivity (Wildman–Crippen MR) is 86.5 cm³/mol. The molecule has 0 saturated heterocycles. The van der Waals surface area contributed by atoms with Crippen molar-refractivity contribution < 1.29 is 4.79 Å². The van der Waals surface area contributed by atoms with Crippen LogP contribution in [0.3, 0.4) is 0 Å². The van der Waals surface area contributed by atoms with E-state index in [-0.39, 0.29) is 5.78 Å². The van der Waals surface area contributed by atoms with Crippen molar-refractivity contribution in [2.75, 3.05) is 20.6 Å². The van der Waals surface area contributed by atoms with E-state index in [1.54, 1.807) is 31.2 Å². The van der Waals surface area contributed by atoms with Crippen LogP contribution in [-0.2, 0) is 4.79 Å². The van der Waals surface area contributed by atoms with Gasteiger partial charge < -0.3 is 9.80 Å². The maximum absolute atomic E-state index is 11.2. The van der Waals surface area contributed by atoms with Crippen LogP contribution in [0, 0.1) is 0 Å². The van der Waals surface area contributed by atoms with Gasteiger partial charge in [0.15, 0.2) is 5.78 Å². The molecule has 1 aliphatic heterocycles. The molecule has 0 aromatic heterocycles. The summed E-state index contributed by atoms with van der Waals surface area (Å²) in [5.41, 5.74) is 2.38. The third kappa shape index (κ3) is 6.48. The van der Waals surface area contributed by atoms with Gasteiger partial charge >= 0.3 is 0 Å². The normalized spacial score (nSPS) is 16.4. The van der Waals surface area contributed by atoms with E-state index in [0.717, 1.165) is 11.4 Å². The first-order valence-electron chi connectivity index (χ1n) is 6.83. The van der Waals surface area contributed by atoms with Gasteiger partial charge in [-0.2, -0.15) is 0 Å². The molecule has 0 amide bonds. The Labute approximate surface area is 123 Å². The molecule has 1 rings (SSSR count). The van der Waals surface area contributed by atoms with E-state index < -0.39 is 0 Å². The summed E-state index contributed by atoms with van der Waals surface area (Å²) in [5.74, 6) is 0.0475. The Morgan fingerprint density at radius 3 is 2.40 bits per heavy atom. The van der Waals surface area contributed by atoms with Crippen molar-refractivity contribution in [3.05, 3.63) is 35.9 Å². The van der Waals surface area contributed by atoms with Gasteiger partial charge in [0.05, 0.1) is 17.6 Å². The number of allylic oxidation sites excluding steroid dienone is 3. The van der Waals surface area contributed by atoms with Gasteiger partial charge in [-0.25, -0.2) is 0 Å². The van der Waals surface area contributed by atoms with Crippen molar-refractivity contribution in [2.24, 2.45) is 4.99 Å². The quantitative estimate of drug-likeness (QED) is 0.740. The minimum Gasteiger partial charge on any atom is -0.321 e. The van der Waals surface area contributed by atoms with Crippen molar-refractivity contribution in [3.63, 3.8) is 0 Å². The van der Waals surface area contributed by atoms with Gasteiger partial charge in [0.1, 0.15) is 0 Å². The minimum atomic E-state index is 0.0475. The SMILES string of the molecule is C=CN1C=C(C)N=C/C1=C(/C)C(C)=O.CCCN(C)C. The largest absolute Gasteiger partial charge is 0.321 e. The van der Waals surface area contributed by atoms with Crippen LogP contribution >= 0.6 is 0 Å². The first-order valence-corrected chi connectivity index (χ1v) is 6.83. The van der Waals surface area contributed by atoms with Crippen LogP contribution in [0.4, 0.5) is 0 Å². The highest BCUT2D eigenvalue weighted by atomic mass is 16.1. The van der Waals surface area contributed by atoms with Crippen molar-refractivity contribution >= 4 is 12.0 Å². The number of hydrogen-bond acceptors (Lipinski definition) is 4. The molecule has 4 heteroatoms. The smallest absolute Gasteiger partial charge is 0.157 e. The van der Waals surface area contributed by atoms with Crippen molar-refractivity contribution in [1.29, 1.82) is 0 Å². The Bertz CT molecular complexity index is 431. The Balaban J connectivity index is 0.000000511. The third-order valence-corrected chi connectivity index (χ3v) is 2.77. The Kier molecular flexibility index (Phi) is 8.48. The topological polar surface area (TPSA) is 35.9 Å². The number of hydrogen-bond donors (Lipinski definition) is 0. The molecule has 0 saturated carbocycles. The van der Waals surface area contributed by atoms with E-state index in [1.165, 1.54) is 13.0 Å². The number of aliphatic imine (C=N–C) groups is 1. The Hall–Kier alpha value is -1.68. The number of nitrogens with zero attached hydrogens (tertiary/aromatic N) is 3. The van der Waals surface area contributed by atoms with Crippen LogP contribution in [0.25, 0.3) is 0 Å². The van der Waals surface area contributed by atoms with Gasteiger partial charge in [-0.1, -0.05) is 13.5 Å². The molecule has 0 radical (unpaired) electrons. The molecule has 20 heavy (non-hydrogen) atoms. The van der Waals surface area contributed by atoms with Gasteiger partial charge in [-0.3, -0.25) is 9.79 Å². The maximum Gasteiger partial charge on any atom is 0.157 e. The second-order valence-electron chi connectivity index (χ2n) is 4.99. The number of carbonyl (C=O) groups excluding carboxylic acids is 1. The standard InChI is InChI=1S/C11H14N2O.C5H13N/c1-5-13-7-8(2)12-6-11(13)9(3)10(4)14;1-4-5-6(2)3/h5-7H,1H2,2-4H3;4-5H2,1-3H3/b11-9+;. The van der Waals surface area contributed by atoms with Crippen LogP contribution in [-0.4, -0.2) is 42.4 Å². The van der Waals surface area contributed by atoms with Crippen LogP contribution < -0.4 is 0 Å². The first-order chi connectivity index (χ1) is 9.33. The van der Waals surface area contributed by atoms with Crippen molar-refractivity contribution in [3.8, 4) is 0 Å². The zero-order valence-corrected chi connectivity index (χ0v) is 13.6. The van der Waals surface area contributed by atoms with Crippen molar-refractivity contribution in [2.45, 2.75) is 34.1 Å². The highest BCUT2D eigenvalue weighted by Crippen LogP contribution is 2.16. The molecule has 0 N–H and O–H groups in total. The molecule has 0 spiro atoms. The molecule has 0 aliphatic carbocycles. The molecule has 0 unspecified atom stereocenters. The predicted octanol–water partition coefficient (Wildman–Crippen LogP) is 3.20.